The number of para-hydroxylation sites is 1. The van der Waals surface area contributed by atoms with Crippen molar-refractivity contribution in [2.75, 3.05) is 31.2 Å². The molecule has 3 heterocycles. The van der Waals surface area contributed by atoms with Crippen molar-refractivity contribution in [2.24, 2.45) is 5.92 Å². The highest BCUT2D eigenvalue weighted by Crippen LogP contribution is 2.28. The number of nitrogens with zero attached hydrogens (tertiary/aromatic N) is 2. The molecule has 1 unspecified atom stereocenters. The number of ether oxygens (including phenoxy) is 1. The Kier molecular flexibility index (Phi) is 6.07. The van der Waals surface area contributed by atoms with E-state index in [2.05, 4.69) is 11.4 Å². The maximum absolute atomic E-state index is 13.4. The summed E-state index contributed by atoms with van der Waals surface area (Å²) in [6, 6.07) is 14.0. The Bertz CT molecular complexity index is 787. The van der Waals surface area contributed by atoms with Gasteiger partial charge in [-0.15, -0.1) is 11.3 Å². The van der Waals surface area contributed by atoms with Gasteiger partial charge in [0.15, 0.2) is 0 Å². The van der Waals surface area contributed by atoms with Crippen LogP contribution in [0.4, 0.5) is 5.69 Å². The second-order valence-electron chi connectivity index (χ2n) is 7.45. The van der Waals surface area contributed by atoms with Crippen molar-refractivity contribution < 1.29 is 14.3 Å². The minimum absolute atomic E-state index is 0.0368. The molecule has 4 rings (SSSR count). The van der Waals surface area contributed by atoms with E-state index in [-0.39, 0.29) is 23.8 Å². The van der Waals surface area contributed by atoms with Gasteiger partial charge in [-0.05, 0) is 42.8 Å². The number of hydrogen-bond acceptors (Lipinski definition) is 4. The highest BCUT2D eigenvalue weighted by molar-refractivity contribution is 7.09. The highest BCUT2D eigenvalue weighted by Gasteiger charge is 2.39. The molecule has 2 aliphatic rings. The van der Waals surface area contributed by atoms with Gasteiger partial charge < -0.3 is 14.5 Å². The zero-order chi connectivity index (χ0) is 19.3. The van der Waals surface area contributed by atoms with Crippen LogP contribution in [0.3, 0.4) is 0 Å². The van der Waals surface area contributed by atoms with E-state index in [1.54, 1.807) is 16.2 Å². The average molecular weight is 399 g/mol. The second kappa shape index (κ2) is 8.88. The van der Waals surface area contributed by atoms with Gasteiger partial charge in [-0.2, -0.15) is 0 Å². The van der Waals surface area contributed by atoms with Crippen molar-refractivity contribution in [3.63, 3.8) is 0 Å². The van der Waals surface area contributed by atoms with Crippen molar-refractivity contribution >= 4 is 28.8 Å². The third-order valence-corrected chi connectivity index (χ3v) is 6.57. The summed E-state index contributed by atoms with van der Waals surface area (Å²) < 4.78 is 5.50. The number of carbonyl (C=O) groups excluding carboxylic acids is 2. The van der Waals surface area contributed by atoms with E-state index in [1.807, 2.05) is 41.3 Å². The largest absolute Gasteiger partial charge is 0.381 e. The van der Waals surface area contributed by atoms with E-state index < -0.39 is 0 Å². The molecule has 1 aromatic carbocycles. The fourth-order valence-electron chi connectivity index (χ4n) is 4.12. The number of hydrogen-bond donors (Lipinski definition) is 0. The van der Waals surface area contributed by atoms with Gasteiger partial charge in [0.1, 0.15) is 0 Å². The minimum Gasteiger partial charge on any atom is -0.381 e. The average Bonchev–Trinajstić information content (AvgIpc) is 3.39. The Hall–Kier alpha value is -2.18. The van der Waals surface area contributed by atoms with E-state index in [0.717, 1.165) is 24.9 Å². The van der Waals surface area contributed by atoms with Crippen LogP contribution in [0, 0.1) is 5.92 Å². The summed E-state index contributed by atoms with van der Waals surface area (Å²) in [5, 5.41) is 2.07. The molecule has 1 atom stereocenters. The van der Waals surface area contributed by atoms with Crippen LogP contribution >= 0.6 is 11.3 Å². The molecule has 6 heteroatoms. The SMILES string of the molecule is O=C1CC(C(=O)N(CCc2cccs2)C2CCOCC2)CN1c1ccccc1. The molecule has 0 saturated carbocycles. The normalized spacial score (nSPS) is 20.5. The Labute approximate surface area is 169 Å². The molecule has 0 N–H and O–H groups in total. The molecule has 2 amide bonds. The maximum Gasteiger partial charge on any atom is 0.228 e. The lowest BCUT2D eigenvalue weighted by atomic mass is 10.0. The zero-order valence-electron chi connectivity index (χ0n) is 16.0. The highest BCUT2D eigenvalue weighted by atomic mass is 32.1. The Morgan fingerprint density at radius 2 is 1.93 bits per heavy atom. The number of anilines is 1. The lowest BCUT2D eigenvalue weighted by Gasteiger charge is -2.36. The molecule has 0 radical (unpaired) electrons. The first kappa shape index (κ1) is 19.2. The van der Waals surface area contributed by atoms with E-state index in [1.165, 1.54) is 4.88 Å². The molecule has 2 aliphatic heterocycles. The molecule has 5 nitrogen and oxygen atoms in total. The molecular formula is C22H26N2O3S. The smallest absolute Gasteiger partial charge is 0.228 e. The summed E-state index contributed by atoms with van der Waals surface area (Å²) in [4.78, 5) is 31.1. The first-order valence-electron chi connectivity index (χ1n) is 9.98. The van der Waals surface area contributed by atoms with E-state index in [0.29, 0.717) is 32.7 Å². The number of benzene rings is 1. The number of thiophene rings is 1. The molecule has 1 aromatic heterocycles. The van der Waals surface area contributed by atoms with Crippen LogP contribution in [0.5, 0.6) is 0 Å². The van der Waals surface area contributed by atoms with Gasteiger partial charge in [-0.1, -0.05) is 24.3 Å². The quantitative estimate of drug-likeness (QED) is 0.750. The van der Waals surface area contributed by atoms with Gasteiger partial charge in [0.25, 0.3) is 0 Å². The van der Waals surface area contributed by atoms with Gasteiger partial charge in [0, 0.05) is 49.3 Å². The standard InChI is InChI=1S/C22H26N2O3S/c25-21-15-17(16-24(21)18-5-2-1-3-6-18)22(26)23(19-9-12-27-13-10-19)11-8-20-7-4-14-28-20/h1-7,14,17,19H,8-13,15-16H2. The van der Waals surface area contributed by atoms with Crippen LogP contribution in [0.25, 0.3) is 0 Å². The summed E-state index contributed by atoms with van der Waals surface area (Å²) >= 11 is 1.73. The lowest BCUT2D eigenvalue weighted by molar-refractivity contribution is -0.139. The third-order valence-electron chi connectivity index (χ3n) is 5.64. The summed E-state index contributed by atoms with van der Waals surface area (Å²) in [6.07, 6.45) is 2.91. The van der Waals surface area contributed by atoms with E-state index in [4.69, 9.17) is 4.74 Å². The van der Waals surface area contributed by atoms with Gasteiger partial charge >= 0.3 is 0 Å². The summed E-state index contributed by atoms with van der Waals surface area (Å²) in [5.41, 5.74) is 0.874. The molecule has 28 heavy (non-hydrogen) atoms. The van der Waals surface area contributed by atoms with Crippen molar-refractivity contribution in [3.8, 4) is 0 Å². The molecule has 2 aromatic rings. The van der Waals surface area contributed by atoms with Crippen LogP contribution in [-0.4, -0.2) is 49.1 Å². The van der Waals surface area contributed by atoms with Gasteiger partial charge in [0.05, 0.1) is 5.92 Å². The molecule has 148 valence electrons. The summed E-state index contributed by atoms with van der Waals surface area (Å²) in [7, 11) is 0. The summed E-state index contributed by atoms with van der Waals surface area (Å²) in [6.45, 7) is 2.58. The third kappa shape index (κ3) is 4.28. The Morgan fingerprint density at radius 3 is 2.64 bits per heavy atom. The maximum atomic E-state index is 13.4. The predicted octanol–water partition coefficient (Wildman–Crippen LogP) is 3.35. The first-order chi connectivity index (χ1) is 13.7. The van der Waals surface area contributed by atoms with Crippen molar-refractivity contribution in [2.45, 2.75) is 31.7 Å². The van der Waals surface area contributed by atoms with Crippen LogP contribution in [0.1, 0.15) is 24.1 Å². The molecule has 2 saturated heterocycles. The van der Waals surface area contributed by atoms with Crippen LogP contribution in [-0.2, 0) is 20.7 Å². The van der Waals surface area contributed by atoms with Crippen molar-refractivity contribution in [1.29, 1.82) is 0 Å². The van der Waals surface area contributed by atoms with Crippen LogP contribution in [0.15, 0.2) is 47.8 Å². The van der Waals surface area contributed by atoms with Crippen molar-refractivity contribution in [1.82, 2.24) is 4.90 Å². The van der Waals surface area contributed by atoms with Gasteiger partial charge in [-0.3, -0.25) is 9.59 Å². The molecule has 2 fully saturated rings. The fraction of sp³-hybridized carbons (Fsp3) is 0.455. The monoisotopic (exact) mass is 398 g/mol. The minimum atomic E-state index is -0.265. The topological polar surface area (TPSA) is 49.9 Å². The number of rotatable bonds is 6. The second-order valence-corrected chi connectivity index (χ2v) is 8.48. The Balaban J connectivity index is 1.47. The van der Waals surface area contributed by atoms with E-state index >= 15 is 0 Å². The molecule has 0 spiro atoms. The van der Waals surface area contributed by atoms with Crippen LogP contribution < -0.4 is 4.90 Å². The van der Waals surface area contributed by atoms with Crippen LogP contribution in [0.2, 0.25) is 0 Å². The fourth-order valence-corrected chi connectivity index (χ4v) is 4.82. The molecular weight excluding hydrogens is 372 g/mol. The number of amides is 2. The lowest BCUT2D eigenvalue weighted by Crippen LogP contribution is -2.47. The predicted molar refractivity (Wildman–Crippen MR) is 110 cm³/mol. The molecule has 0 aliphatic carbocycles. The van der Waals surface area contributed by atoms with Crippen molar-refractivity contribution in [3.05, 3.63) is 52.7 Å². The van der Waals surface area contributed by atoms with Gasteiger partial charge in [0.2, 0.25) is 11.8 Å². The van der Waals surface area contributed by atoms with E-state index in [9.17, 15) is 9.59 Å². The molecule has 0 bridgehead atoms. The van der Waals surface area contributed by atoms with Gasteiger partial charge in [-0.25, -0.2) is 0 Å². The summed E-state index contributed by atoms with van der Waals surface area (Å²) in [5.74, 6) is -0.108. The number of carbonyl (C=O) groups is 2. The Morgan fingerprint density at radius 1 is 1.14 bits per heavy atom. The first-order valence-corrected chi connectivity index (χ1v) is 10.9. The zero-order valence-corrected chi connectivity index (χ0v) is 16.8.